The van der Waals surface area contributed by atoms with E-state index in [1.54, 1.807) is 24.3 Å². The maximum absolute atomic E-state index is 13.4. The molecule has 0 atom stereocenters. The second kappa shape index (κ2) is 7.48. The van der Waals surface area contributed by atoms with Gasteiger partial charge in [-0.15, -0.1) is 11.3 Å². The van der Waals surface area contributed by atoms with Crippen molar-refractivity contribution in [1.29, 1.82) is 0 Å². The van der Waals surface area contributed by atoms with Crippen molar-refractivity contribution in [2.75, 3.05) is 0 Å². The Morgan fingerprint density at radius 1 is 1.07 bits per heavy atom. The molecule has 4 aromatic rings. The summed E-state index contributed by atoms with van der Waals surface area (Å²) in [5.41, 5.74) is 4.16. The fraction of sp³-hybridized carbons (Fsp3) is 0.143. The van der Waals surface area contributed by atoms with Gasteiger partial charge in [-0.25, -0.2) is 4.98 Å². The Morgan fingerprint density at radius 2 is 1.82 bits per heavy atom. The minimum atomic E-state index is -2.67. The zero-order chi connectivity index (χ0) is 19.8. The number of hydrogen-bond acceptors (Lipinski definition) is 4. The number of halogens is 2. The summed E-state index contributed by atoms with van der Waals surface area (Å²) in [5.74, 6) is -2.67. The Hall–Kier alpha value is -2.51. The average molecular weight is 415 g/mol. The molecule has 2 heterocycles. The maximum Gasteiger partial charge on any atom is 0.291 e. The number of alkyl halides is 2. The molecule has 0 aliphatic heterocycles. The fourth-order valence-electron chi connectivity index (χ4n) is 3.06. The van der Waals surface area contributed by atoms with E-state index >= 15 is 0 Å². The highest BCUT2D eigenvalue weighted by atomic mass is 32.2. The number of aryl methyl sites for hydroxylation is 2. The first-order chi connectivity index (χ1) is 13.5. The lowest BCUT2D eigenvalue weighted by molar-refractivity contribution is 0.251. The first-order valence-corrected chi connectivity index (χ1v) is 10.3. The summed E-state index contributed by atoms with van der Waals surface area (Å²) in [5, 5.41) is 2.32. The highest BCUT2D eigenvalue weighted by Gasteiger charge is 2.20. The summed E-state index contributed by atoms with van der Waals surface area (Å²) in [6.07, 6.45) is 0. The van der Waals surface area contributed by atoms with Crippen LogP contribution in [0.5, 0.6) is 0 Å². The highest BCUT2D eigenvalue weighted by molar-refractivity contribution is 7.99. The van der Waals surface area contributed by atoms with Crippen LogP contribution in [0, 0.1) is 13.8 Å². The summed E-state index contributed by atoms with van der Waals surface area (Å²) >= 11 is 1.58. The Kier molecular flexibility index (Phi) is 5.03. The van der Waals surface area contributed by atoms with Crippen LogP contribution in [0.3, 0.4) is 0 Å². The van der Waals surface area contributed by atoms with Crippen LogP contribution in [0.25, 0.3) is 27.0 Å². The zero-order valence-corrected chi connectivity index (χ0v) is 16.8. The number of hydrogen-bond donors (Lipinski definition) is 0. The minimum Gasteiger partial charge on any atom is -0.268 e. The van der Waals surface area contributed by atoms with Gasteiger partial charge in [0.15, 0.2) is 5.16 Å². The molecule has 0 fully saturated rings. The molecule has 4 rings (SSSR count). The van der Waals surface area contributed by atoms with E-state index in [-0.39, 0.29) is 22.5 Å². The fourth-order valence-corrected chi connectivity index (χ4v) is 4.65. The van der Waals surface area contributed by atoms with Crippen molar-refractivity contribution in [3.05, 3.63) is 75.4 Å². The van der Waals surface area contributed by atoms with Gasteiger partial charge in [0.1, 0.15) is 4.83 Å². The Bertz CT molecular complexity index is 1220. The number of aromatic nitrogens is 2. The van der Waals surface area contributed by atoms with Gasteiger partial charge >= 0.3 is 0 Å². The van der Waals surface area contributed by atoms with Gasteiger partial charge in [0, 0.05) is 10.9 Å². The third-order valence-electron chi connectivity index (χ3n) is 4.60. The second-order valence-corrected chi connectivity index (χ2v) is 8.19. The number of nitrogens with zero attached hydrogens (tertiary/aromatic N) is 2. The number of rotatable bonds is 4. The average Bonchev–Trinajstić information content (AvgIpc) is 3.08. The van der Waals surface area contributed by atoms with Crippen LogP contribution in [-0.2, 0) is 0 Å². The van der Waals surface area contributed by atoms with Crippen LogP contribution in [0.1, 0.15) is 11.1 Å². The van der Waals surface area contributed by atoms with Gasteiger partial charge in [-0.3, -0.25) is 9.36 Å². The van der Waals surface area contributed by atoms with Gasteiger partial charge in [-0.1, -0.05) is 36.4 Å². The third-order valence-corrected chi connectivity index (χ3v) is 6.14. The Labute approximate surface area is 168 Å². The van der Waals surface area contributed by atoms with Crippen molar-refractivity contribution >= 4 is 33.3 Å². The van der Waals surface area contributed by atoms with Crippen molar-refractivity contribution < 1.29 is 8.78 Å². The molecule has 28 heavy (non-hydrogen) atoms. The standard InChI is InChI=1S/C21H16F2N2OS2/c1-12-8-9-14(10-13(12)2)16-11-27-18-17(16)19(26)25(15-6-4-3-5-7-15)21(24-18)28-20(22)23/h3-11,20H,1-2H3. The quantitative estimate of drug-likeness (QED) is 0.301. The van der Waals surface area contributed by atoms with E-state index in [1.807, 2.05) is 43.5 Å². The number of para-hydroxylation sites is 1. The van der Waals surface area contributed by atoms with Gasteiger partial charge in [0.25, 0.3) is 11.3 Å². The largest absolute Gasteiger partial charge is 0.291 e. The summed E-state index contributed by atoms with van der Waals surface area (Å²) in [7, 11) is 0. The van der Waals surface area contributed by atoms with Crippen LogP contribution in [0.15, 0.2) is 63.9 Å². The van der Waals surface area contributed by atoms with E-state index in [1.165, 1.54) is 21.5 Å². The molecular formula is C21H16F2N2OS2. The lowest BCUT2D eigenvalue weighted by Gasteiger charge is -2.12. The predicted octanol–water partition coefficient (Wildman–Crippen LogP) is 6.05. The van der Waals surface area contributed by atoms with Gasteiger partial charge < -0.3 is 0 Å². The predicted molar refractivity (Wildman–Crippen MR) is 112 cm³/mol. The zero-order valence-electron chi connectivity index (χ0n) is 15.1. The first kappa shape index (κ1) is 18.8. The van der Waals surface area contributed by atoms with Gasteiger partial charge in [0.2, 0.25) is 0 Å². The maximum atomic E-state index is 13.4. The van der Waals surface area contributed by atoms with E-state index in [2.05, 4.69) is 4.98 Å². The van der Waals surface area contributed by atoms with E-state index in [0.29, 0.717) is 15.9 Å². The molecule has 7 heteroatoms. The molecule has 0 N–H and O–H groups in total. The summed E-state index contributed by atoms with van der Waals surface area (Å²) in [6.45, 7) is 4.05. The van der Waals surface area contributed by atoms with Crippen molar-refractivity contribution in [3.8, 4) is 16.8 Å². The van der Waals surface area contributed by atoms with E-state index in [4.69, 9.17) is 0 Å². The monoisotopic (exact) mass is 414 g/mol. The van der Waals surface area contributed by atoms with Crippen molar-refractivity contribution in [3.63, 3.8) is 0 Å². The number of benzene rings is 2. The normalized spacial score (nSPS) is 11.5. The summed E-state index contributed by atoms with van der Waals surface area (Å²) in [6, 6.07) is 14.8. The molecule has 0 saturated carbocycles. The van der Waals surface area contributed by atoms with Gasteiger partial charge in [-0.05, 0) is 54.4 Å². The van der Waals surface area contributed by atoms with Crippen LogP contribution in [0.2, 0.25) is 0 Å². The summed E-state index contributed by atoms with van der Waals surface area (Å²) in [4.78, 5) is 18.3. The molecule has 0 amide bonds. The number of thiophene rings is 1. The SMILES string of the molecule is Cc1ccc(-c2csc3nc(SC(F)F)n(-c4ccccc4)c(=O)c23)cc1C. The molecule has 3 nitrogen and oxygen atoms in total. The van der Waals surface area contributed by atoms with Crippen molar-refractivity contribution in [2.24, 2.45) is 0 Å². The Morgan fingerprint density at radius 3 is 2.50 bits per heavy atom. The molecule has 142 valence electrons. The van der Waals surface area contributed by atoms with Crippen LogP contribution < -0.4 is 5.56 Å². The number of fused-ring (bicyclic) bond motifs is 1. The van der Waals surface area contributed by atoms with Gasteiger partial charge in [-0.2, -0.15) is 8.78 Å². The second-order valence-electron chi connectivity index (χ2n) is 6.38. The van der Waals surface area contributed by atoms with Crippen molar-refractivity contribution in [2.45, 2.75) is 24.8 Å². The molecule has 0 aliphatic carbocycles. The molecule has 0 radical (unpaired) electrons. The summed E-state index contributed by atoms with van der Waals surface area (Å²) < 4.78 is 27.5. The van der Waals surface area contributed by atoms with Gasteiger partial charge in [0.05, 0.1) is 11.1 Å². The molecule has 2 aromatic carbocycles. The highest BCUT2D eigenvalue weighted by Crippen LogP contribution is 2.34. The smallest absolute Gasteiger partial charge is 0.268 e. The topological polar surface area (TPSA) is 34.9 Å². The molecule has 0 bridgehead atoms. The molecular weight excluding hydrogens is 398 g/mol. The lowest BCUT2D eigenvalue weighted by Crippen LogP contribution is -2.21. The van der Waals surface area contributed by atoms with E-state index < -0.39 is 5.76 Å². The van der Waals surface area contributed by atoms with Crippen LogP contribution in [0.4, 0.5) is 8.78 Å². The van der Waals surface area contributed by atoms with Crippen LogP contribution >= 0.6 is 23.1 Å². The van der Waals surface area contributed by atoms with E-state index in [0.717, 1.165) is 16.7 Å². The Balaban J connectivity index is 2.02. The molecule has 0 aliphatic rings. The molecule has 0 saturated heterocycles. The molecule has 0 unspecified atom stereocenters. The lowest BCUT2D eigenvalue weighted by atomic mass is 10.0. The molecule has 0 spiro atoms. The van der Waals surface area contributed by atoms with E-state index in [9.17, 15) is 13.6 Å². The number of thioether (sulfide) groups is 1. The third kappa shape index (κ3) is 3.36. The van der Waals surface area contributed by atoms with Crippen molar-refractivity contribution in [1.82, 2.24) is 9.55 Å². The first-order valence-electron chi connectivity index (χ1n) is 8.58. The molecule has 2 aromatic heterocycles. The minimum absolute atomic E-state index is 0.00723. The van der Waals surface area contributed by atoms with Crippen LogP contribution in [-0.4, -0.2) is 15.3 Å².